The minimum atomic E-state index is 0.533. The average molecular weight is 251 g/mol. The number of rotatable bonds is 3. The summed E-state index contributed by atoms with van der Waals surface area (Å²) in [6.45, 7) is 0. The monoisotopic (exact) mass is 250 g/mol. The fourth-order valence-electron chi connectivity index (χ4n) is 1.06. The van der Waals surface area contributed by atoms with E-state index in [0.717, 1.165) is 17.3 Å². The van der Waals surface area contributed by atoms with Crippen molar-refractivity contribution in [1.29, 1.82) is 5.26 Å². The molecule has 0 radical (unpaired) electrons. The van der Waals surface area contributed by atoms with Gasteiger partial charge in [-0.25, -0.2) is 0 Å². The molecule has 0 atom stereocenters. The maximum Gasteiger partial charge on any atom is 0.101 e. The molecule has 0 spiro atoms. The predicted molar refractivity (Wildman–Crippen MR) is 63.0 cm³/mol. The Labute approximate surface area is 92.2 Å². The summed E-state index contributed by atoms with van der Waals surface area (Å²) in [6.07, 6.45) is 5.02. The molecule has 3 heteroatoms. The minimum absolute atomic E-state index is 0.533. The van der Waals surface area contributed by atoms with Crippen LogP contribution in [0.2, 0.25) is 0 Å². The standard InChI is InChI=1S/C11H11BrN2/c12-6-2-1-3-9-4-5-11(14)10(7-9)8-13/h1,3-5,7H,2,6,14H2. The number of alkyl halides is 1. The van der Waals surface area contributed by atoms with Crippen molar-refractivity contribution in [2.75, 3.05) is 11.1 Å². The number of halogens is 1. The summed E-state index contributed by atoms with van der Waals surface area (Å²) in [6, 6.07) is 7.51. The van der Waals surface area contributed by atoms with Crippen LogP contribution in [0.3, 0.4) is 0 Å². The van der Waals surface area contributed by atoms with E-state index >= 15 is 0 Å². The van der Waals surface area contributed by atoms with Crippen molar-refractivity contribution in [3.63, 3.8) is 0 Å². The molecule has 0 bridgehead atoms. The van der Waals surface area contributed by atoms with Gasteiger partial charge >= 0.3 is 0 Å². The van der Waals surface area contributed by atoms with Crippen LogP contribution < -0.4 is 5.73 Å². The highest BCUT2D eigenvalue weighted by molar-refractivity contribution is 9.09. The van der Waals surface area contributed by atoms with E-state index in [9.17, 15) is 0 Å². The third kappa shape index (κ3) is 2.90. The average Bonchev–Trinajstić information content (AvgIpc) is 2.21. The highest BCUT2D eigenvalue weighted by Crippen LogP contribution is 2.14. The van der Waals surface area contributed by atoms with Gasteiger partial charge in [-0.3, -0.25) is 0 Å². The molecule has 1 aromatic rings. The van der Waals surface area contributed by atoms with E-state index in [1.165, 1.54) is 0 Å². The fourth-order valence-corrected chi connectivity index (χ4v) is 1.32. The van der Waals surface area contributed by atoms with E-state index in [-0.39, 0.29) is 0 Å². The van der Waals surface area contributed by atoms with Crippen molar-refractivity contribution < 1.29 is 0 Å². The zero-order valence-corrected chi connectivity index (χ0v) is 9.29. The Kier molecular flexibility index (Phi) is 4.21. The molecule has 1 rings (SSSR count). The number of nitrogen functional groups attached to an aromatic ring is 1. The number of hydrogen-bond donors (Lipinski definition) is 1. The molecule has 0 amide bonds. The summed E-state index contributed by atoms with van der Waals surface area (Å²) in [5.41, 5.74) is 7.68. The van der Waals surface area contributed by atoms with E-state index in [0.29, 0.717) is 11.3 Å². The summed E-state index contributed by atoms with van der Waals surface area (Å²) in [4.78, 5) is 0. The van der Waals surface area contributed by atoms with Crippen LogP contribution in [0.4, 0.5) is 5.69 Å². The number of allylic oxidation sites excluding steroid dienone is 1. The SMILES string of the molecule is N#Cc1cc(C=CCCBr)ccc1N. The van der Waals surface area contributed by atoms with Gasteiger partial charge in [-0.05, 0) is 24.1 Å². The number of nitriles is 1. The van der Waals surface area contributed by atoms with E-state index in [1.54, 1.807) is 12.1 Å². The van der Waals surface area contributed by atoms with E-state index in [1.807, 2.05) is 12.1 Å². The first-order chi connectivity index (χ1) is 6.77. The lowest BCUT2D eigenvalue weighted by molar-refractivity contribution is 1.27. The normalized spacial score (nSPS) is 10.3. The van der Waals surface area contributed by atoms with Crippen LogP contribution in [0.1, 0.15) is 17.5 Å². The summed E-state index contributed by atoms with van der Waals surface area (Å²) < 4.78 is 0. The topological polar surface area (TPSA) is 49.8 Å². The molecule has 0 heterocycles. The number of hydrogen-bond acceptors (Lipinski definition) is 2. The van der Waals surface area contributed by atoms with E-state index in [4.69, 9.17) is 11.0 Å². The highest BCUT2D eigenvalue weighted by Gasteiger charge is 1.96. The Morgan fingerprint density at radius 1 is 1.50 bits per heavy atom. The molecule has 0 aliphatic heterocycles. The van der Waals surface area contributed by atoms with Crippen molar-refractivity contribution in [1.82, 2.24) is 0 Å². The quantitative estimate of drug-likeness (QED) is 0.663. The fraction of sp³-hybridized carbons (Fsp3) is 0.182. The number of nitrogens with zero attached hydrogens (tertiary/aromatic N) is 1. The lowest BCUT2D eigenvalue weighted by atomic mass is 10.1. The Hall–Kier alpha value is -1.27. The summed E-state index contributed by atoms with van der Waals surface area (Å²) in [5, 5.41) is 9.70. The van der Waals surface area contributed by atoms with Gasteiger partial charge in [-0.1, -0.05) is 34.1 Å². The highest BCUT2D eigenvalue weighted by atomic mass is 79.9. The molecule has 0 saturated carbocycles. The Morgan fingerprint density at radius 2 is 2.29 bits per heavy atom. The second-order valence-corrected chi connectivity index (χ2v) is 3.63. The first-order valence-electron chi connectivity index (χ1n) is 4.30. The Balaban J connectivity index is 2.86. The molecule has 0 fully saturated rings. The zero-order chi connectivity index (χ0) is 10.4. The predicted octanol–water partition coefficient (Wildman–Crippen LogP) is 2.94. The van der Waals surface area contributed by atoms with Crippen LogP contribution in [0.25, 0.3) is 6.08 Å². The largest absolute Gasteiger partial charge is 0.398 e. The first kappa shape index (κ1) is 10.8. The zero-order valence-electron chi connectivity index (χ0n) is 7.70. The van der Waals surface area contributed by atoms with Gasteiger partial charge in [0, 0.05) is 11.0 Å². The lowest BCUT2D eigenvalue weighted by Crippen LogP contribution is -1.89. The van der Waals surface area contributed by atoms with Crippen LogP contribution in [0, 0.1) is 11.3 Å². The smallest absolute Gasteiger partial charge is 0.101 e. The molecule has 2 nitrogen and oxygen atoms in total. The lowest BCUT2D eigenvalue weighted by Gasteiger charge is -1.98. The molecule has 1 aromatic carbocycles. The maximum atomic E-state index is 8.75. The molecule has 72 valence electrons. The second kappa shape index (κ2) is 5.46. The third-order valence-electron chi connectivity index (χ3n) is 1.78. The van der Waals surface area contributed by atoms with Gasteiger partial charge < -0.3 is 5.73 Å². The maximum absolute atomic E-state index is 8.75. The first-order valence-corrected chi connectivity index (χ1v) is 5.42. The molecule has 0 saturated heterocycles. The number of nitrogens with two attached hydrogens (primary N) is 1. The molecule has 2 N–H and O–H groups in total. The van der Waals surface area contributed by atoms with Crippen LogP contribution in [0.5, 0.6) is 0 Å². The Bertz CT molecular complexity index is 377. The van der Waals surface area contributed by atoms with Crippen molar-refractivity contribution in [2.45, 2.75) is 6.42 Å². The van der Waals surface area contributed by atoms with Crippen molar-refractivity contribution >= 4 is 27.7 Å². The molecule has 0 aliphatic carbocycles. The van der Waals surface area contributed by atoms with Gasteiger partial charge in [0.1, 0.15) is 6.07 Å². The molecular formula is C11H11BrN2. The summed E-state index contributed by atoms with van der Waals surface area (Å²) in [5.74, 6) is 0. The van der Waals surface area contributed by atoms with Crippen LogP contribution in [-0.4, -0.2) is 5.33 Å². The summed E-state index contributed by atoms with van der Waals surface area (Å²) >= 11 is 3.34. The van der Waals surface area contributed by atoms with Crippen LogP contribution >= 0.6 is 15.9 Å². The molecule has 0 aromatic heterocycles. The number of benzene rings is 1. The Morgan fingerprint density at radius 3 is 2.93 bits per heavy atom. The molecule has 14 heavy (non-hydrogen) atoms. The van der Waals surface area contributed by atoms with Crippen molar-refractivity contribution in [2.24, 2.45) is 0 Å². The molecular weight excluding hydrogens is 240 g/mol. The van der Waals surface area contributed by atoms with Gasteiger partial charge in [0.2, 0.25) is 0 Å². The van der Waals surface area contributed by atoms with Gasteiger partial charge in [0.05, 0.1) is 5.56 Å². The third-order valence-corrected chi connectivity index (χ3v) is 2.24. The summed E-state index contributed by atoms with van der Waals surface area (Å²) in [7, 11) is 0. The molecule has 0 unspecified atom stereocenters. The van der Waals surface area contributed by atoms with Gasteiger partial charge in [0.15, 0.2) is 0 Å². The minimum Gasteiger partial charge on any atom is -0.398 e. The van der Waals surface area contributed by atoms with Crippen molar-refractivity contribution in [3.05, 3.63) is 35.4 Å². The van der Waals surface area contributed by atoms with Gasteiger partial charge in [0.25, 0.3) is 0 Å². The molecule has 0 aliphatic rings. The van der Waals surface area contributed by atoms with Crippen molar-refractivity contribution in [3.8, 4) is 6.07 Å². The van der Waals surface area contributed by atoms with Crippen LogP contribution in [0.15, 0.2) is 24.3 Å². The number of anilines is 1. The second-order valence-electron chi connectivity index (χ2n) is 2.84. The van der Waals surface area contributed by atoms with E-state index in [2.05, 4.69) is 28.1 Å². The van der Waals surface area contributed by atoms with E-state index < -0.39 is 0 Å². The van der Waals surface area contributed by atoms with Gasteiger partial charge in [-0.2, -0.15) is 5.26 Å². The van der Waals surface area contributed by atoms with Crippen LogP contribution in [-0.2, 0) is 0 Å². The van der Waals surface area contributed by atoms with Gasteiger partial charge in [-0.15, -0.1) is 0 Å².